The van der Waals surface area contributed by atoms with Crippen LogP contribution in [0.15, 0.2) is 72.9 Å². The lowest BCUT2D eigenvalue weighted by Crippen LogP contribution is -2.31. The summed E-state index contributed by atoms with van der Waals surface area (Å²) < 4.78 is 5.65. The molecule has 0 unspecified atom stereocenters. The number of hydrogen-bond acceptors (Lipinski definition) is 4. The van der Waals surface area contributed by atoms with Gasteiger partial charge in [-0.1, -0.05) is 41.9 Å². The van der Waals surface area contributed by atoms with E-state index in [4.69, 9.17) is 16.3 Å². The number of benzene rings is 2. The van der Waals surface area contributed by atoms with Gasteiger partial charge in [-0.05, 0) is 42.8 Å². The fraction of sp³-hybridized carbons (Fsp3) is 0.182. The molecule has 3 rings (SSSR count). The van der Waals surface area contributed by atoms with E-state index >= 15 is 0 Å². The number of carbonyl (C=O) groups is 1. The van der Waals surface area contributed by atoms with E-state index < -0.39 is 0 Å². The number of phenols is 1. The standard InChI is InChI=1S/C22H21ClN2O3/c23-18-9-1-4-12-21(18)28-15-7-13-22(27)25(16-17-8-5-6-14-24-17)19-10-2-3-11-20(19)26/h1-6,8-12,14,26H,7,13,15-16H2. The fourth-order valence-corrected chi connectivity index (χ4v) is 2.95. The number of nitrogens with zero attached hydrogens (tertiary/aromatic N) is 2. The highest BCUT2D eigenvalue weighted by Crippen LogP contribution is 2.28. The Labute approximate surface area is 169 Å². The minimum Gasteiger partial charge on any atom is -0.506 e. The van der Waals surface area contributed by atoms with Crippen molar-refractivity contribution in [3.8, 4) is 11.5 Å². The first-order chi connectivity index (χ1) is 13.6. The normalized spacial score (nSPS) is 10.5. The van der Waals surface area contributed by atoms with Gasteiger partial charge in [-0.3, -0.25) is 9.78 Å². The number of carbonyl (C=O) groups excluding carboxylic acids is 1. The highest BCUT2D eigenvalue weighted by atomic mass is 35.5. The third-order valence-corrected chi connectivity index (χ3v) is 4.46. The minimum atomic E-state index is -0.116. The van der Waals surface area contributed by atoms with E-state index in [9.17, 15) is 9.90 Å². The Bertz CT molecular complexity index is 918. The van der Waals surface area contributed by atoms with Crippen LogP contribution in [-0.2, 0) is 11.3 Å². The van der Waals surface area contributed by atoms with Gasteiger partial charge in [0.05, 0.1) is 29.6 Å². The Balaban J connectivity index is 1.65. The maximum atomic E-state index is 12.9. The molecule has 3 aromatic rings. The predicted octanol–water partition coefficient (Wildman–Crippen LogP) is 4.83. The Morgan fingerprint density at radius 2 is 1.79 bits per heavy atom. The van der Waals surface area contributed by atoms with E-state index in [1.807, 2.05) is 30.3 Å². The molecule has 5 nitrogen and oxygen atoms in total. The van der Waals surface area contributed by atoms with E-state index in [0.717, 1.165) is 5.69 Å². The highest BCUT2D eigenvalue weighted by Gasteiger charge is 2.19. The molecule has 1 N–H and O–H groups in total. The molecule has 0 saturated carbocycles. The average Bonchev–Trinajstić information content (AvgIpc) is 2.72. The number of phenolic OH excluding ortho intramolecular Hbond substituents is 1. The summed E-state index contributed by atoms with van der Waals surface area (Å²) in [6.07, 6.45) is 2.47. The van der Waals surface area contributed by atoms with E-state index in [-0.39, 0.29) is 24.6 Å². The Hall–Kier alpha value is -3.05. The first-order valence-corrected chi connectivity index (χ1v) is 9.38. The predicted molar refractivity (Wildman–Crippen MR) is 110 cm³/mol. The number of hydrogen-bond donors (Lipinski definition) is 1. The quantitative estimate of drug-likeness (QED) is 0.554. The molecule has 0 fully saturated rings. The lowest BCUT2D eigenvalue weighted by atomic mass is 10.2. The van der Waals surface area contributed by atoms with Crippen LogP contribution in [0.5, 0.6) is 11.5 Å². The number of aromatic hydroxyl groups is 1. The van der Waals surface area contributed by atoms with Crippen molar-refractivity contribution in [3.63, 3.8) is 0 Å². The van der Waals surface area contributed by atoms with Gasteiger partial charge in [0.2, 0.25) is 5.91 Å². The van der Waals surface area contributed by atoms with Gasteiger partial charge in [-0.25, -0.2) is 0 Å². The van der Waals surface area contributed by atoms with Crippen LogP contribution in [0.2, 0.25) is 5.02 Å². The summed E-state index contributed by atoms with van der Waals surface area (Å²) in [5.74, 6) is 0.539. The van der Waals surface area contributed by atoms with Gasteiger partial charge < -0.3 is 14.7 Å². The van der Waals surface area contributed by atoms with E-state index in [0.29, 0.717) is 29.5 Å². The number of ether oxygens (including phenoxy) is 1. The van der Waals surface area contributed by atoms with Crippen LogP contribution in [0.4, 0.5) is 5.69 Å². The molecule has 0 saturated heterocycles. The maximum Gasteiger partial charge on any atom is 0.227 e. The van der Waals surface area contributed by atoms with Crippen LogP contribution in [0.1, 0.15) is 18.5 Å². The summed E-state index contributed by atoms with van der Waals surface area (Å²) >= 11 is 6.07. The second-order valence-electron chi connectivity index (χ2n) is 6.17. The molecule has 0 aliphatic rings. The number of rotatable bonds is 8. The molecule has 2 aromatic carbocycles. The number of halogens is 1. The Morgan fingerprint density at radius 3 is 2.54 bits per heavy atom. The zero-order valence-electron chi connectivity index (χ0n) is 15.3. The second-order valence-corrected chi connectivity index (χ2v) is 6.58. The summed E-state index contributed by atoms with van der Waals surface area (Å²) in [5.41, 5.74) is 1.21. The van der Waals surface area contributed by atoms with Crippen molar-refractivity contribution in [1.29, 1.82) is 0 Å². The molecular weight excluding hydrogens is 376 g/mol. The van der Waals surface area contributed by atoms with Crippen LogP contribution < -0.4 is 9.64 Å². The zero-order valence-corrected chi connectivity index (χ0v) is 16.0. The van der Waals surface area contributed by atoms with Gasteiger partial charge in [-0.2, -0.15) is 0 Å². The van der Waals surface area contributed by atoms with Crippen LogP contribution in [0.3, 0.4) is 0 Å². The highest BCUT2D eigenvalue weighted by molar-refractivity contribution is 6.32. The maximum absolute atomic E-state index is 12.9. The van der Waals surface area contributed by atoms with Gasteiger partial charge in [0.25, 0.3) is 0 Å². The Kier molecular flexibility index (Phi) is 6.87. The molecule has 1 aromatic heterocycles. The lowest BCUT2D eigenvalue weighted by Gasteiger charge is -2.23. The van der Waals surface area contributed by atoms with Gasteiger partial charge in [0, 0.05) is 12.6 Å². The van der Waals surface area contributed by atoms with Crippen molar-refractivity contribution in [1.82, 2.24) is 4.98 Å². The second kappa shape index (κ2) is 9.76. The third kappa shape index (κ3) is 5.24. The molecular formula is C22H21ClN2O3. The van der Waals surface area contributed by atoms with Gasteiger partial charge in [-0.15, -0.1) is 0 Å². The van der Waals surface area contributed by atoms with Gasteiger partial charge in [0.15, 0.2) is 0 Å². The first-order valence-electron chi connectivity index (χ1n) is 9.01. The third-order valence-electron chi connectivity index (χ3n) is 4.15. The lowest BCUT2D eigenvalue weighted by molar-refractivity contribution is -0.119. The topological polar surface area (TPSA) is 62.7 Å². The van der Waals surface area contributed by atoms with Crippen molar-refractivity contribution in [2.75, 3.05) is 11.5 Å². The smallest absolute Gasteiger partial charge is 0.227 e. The van der Waals surface area contributed by atoms with Gasteiger partial charge in [0.1, 0.15) is 11.5 Å². The SMILES string of the molecule is O=C(CCCOc1ccccc1Cl)N(Cc1ccccn1)c1ccccc1O. The number of anilines is 1. The summed E-state index contributed by atoms with van der Waals surface area (Å²) in [6, 6.07) is 19.6. The zero-order chi connectivity index (χ0) is 19.8. The monoisotopic (exact) mass is 396 g/mol. The van der Waals surface area contributed by atoms with Crippen LogP contribution in [0.25, 0.3) is 0 Å². The minimum absolute atomic E-state index is 0.0547. The number of amides is 1. The van der Waals surface area contributed by atoms with E-state index in [1.54, 1.807) is 47.5 Å². The number of aromatic nitrogens is 1. The molecule has 28 heavy (non-hydrogen) atoms. The van der Waals surface area contributed by atoms with Crippen molar-refractivity contribution >= 4 is 23.2 Å². The molecule has 0 aliphatic heterocycles. The molecule has 0 aliphatic carbocycles. The number of para-hydroxylation sites is 3. The van der Waals surface area contributed by atoms with Crippen LogP contribution in [0, 0.1) is 0 Å². The Morgan fingerprint density at radius 1 is 1.04 bits per heavy atom. The van der Waals surface area contributed by atoms with Crippen LogP contribution >= 0.6 is 11.6 Å². The molecule has 1 amide bonds. The van der Waals surface area contributed by atoms with E-state index in [2.05, 4.69) is 4.98 Å². The molecule has 0 atom stereocenters. The van der Waals surface area contributed by atoms with Crippen molar-refractivity contribution < 1.29 is 14.6 Å². The molecule has 0 spiro atoms. The summed E-state index contributed by atoms with van der Waals surface area (Å²) in [5, 5.41) is 10.7. The molecule has 144 valence electrons. The van der Waals surface area contributed by atoms with Crippen molar-refractivity contribution in [2.24, 2.45) is 0 Å². The number of pyridine rings is 1. The first kappa shape index (κ1) is 19.7. The van der Waals surface area contributed by atoms with Gasteiger partial charge >= 0.3 is 0 Å². The summed E-state index contributed by atoms with van der Waals surface area (Å²) in [6.45, 7) is 0.649. The molecule has 0 radical (unpaired) electrons. The van der Waals surface area contributed by atoms with Crippen molar-refractivity contribution in [3.05, 3.63) is 83.6 Å². The molecule has 0 bridgehead atoms. The van der Waals surface area contributed by atoms with Crippen molar-refractivity contribution in [2.45, 2.75) is 19.4 Å². The largest absolute Gasteiger partial charge is 0.506 e. The van der Waals surface area contributed by atoms with E-state index in [1.165, 1.54) is 0 Å². The summed E-state index contributed by atoms with van der Waals surface area (Å²) in [4.78, 5) is 18.7. The average molecular weight is 397 g/mol. The fourth-order valence-electron chi connectivity index (χ4n) is 2.76. The summed E-state index contributed by atoms with van der Waals surface area (Å²) in [7, 11) is 0. The van der Waals surface area contributed by atoms with Crippen LogP contribution in [-0.4, -0.2) is 22.6 Å². The molecule has 1 heterocycles. The molecule has 6 heteroatoms.